The SMILES string of the molecule is CCNC(=NCC(=O)Nc1ccc(F)cc1)NCCc1ccc(OC)cc1. The highest BCUT2D eigenvalue weighted by molar-refractivity contribution is 5.94. The number of benzene rings is 2. The highest BCUT2D eigenvalue weighted by atomic mass is 19.1. The first kappa shape index (κ1) is 20.2. The van der Waals surface area contributed by atoms with E-state index in [1.165, 1.54) is 29.8 Å². The average molecular weight is 372 g/mol. The maximum atomic E-state index is 12.9. The molecule has 27 heavy (non-hydrogen) atoms. The molecule has 2 rings (SSSR count). The third-order valence-electron chi connectivity index (χ3n) is 3.72. The second-order valence-corrected chi connectivity index (χ2v) is 5.78. The number of hydrogen-bond acceptors (Lipinski definition) is 3. The minimum absolute atomic E-state index is 0.0325. The number of carbonyl (C=O) groups excluding carboxylic acids is 1. The second-order valence-electron chi connectivity index (χ2n) is 5.78. The number of methoxy groups -OCH3 is 1. The van der Waals surface area contributed by atoms with Gasteiger partial charge < -0.3 is 20.7 Å². The van der Waals surface area contributed by atoms with Gasteiger partial charge in [0.1, 0.15) is 18.1 Å². The molecule has 6 nitrogen and oxygen atoms in total. The van der Waals surface area contributed by atoms with Gasteiger partial charge in [0.05, 0.1) is 7.11 Å². The van der Waals surface area contributed by atoms with E-state index in [1.54, 1.807) is 7.11 Å². The van der Waals surface area contributed by atoms with Crippen molar-refractivity contribution in [3.63, 3.8) is 0 Å². The molecule has 0 radical (unpaired) electrons. The van der Waals surface area contributed by atoms with Crippen LogP contribution in [0.4, 0.5) is 10.1 Å². The molecule has 1 amide bonds. The summed E-state index contributed by atoms with van der Waals surface area (Å²) in [5, 5.41) is 8.98. The molecule has 3 N–H and O–H groups in total. The highest BCUT2D eigenvalue weighted by Gasteiger charge is 2.04. The second kappa shape index (κ2) is 10.8. The summed E-state index contributed by atoms with van der Waals surface area (Å²) in [7, 11) is 1.64. The number of rotatable bonds is 8. The van der Waals surface area contributed by atoms with Gasteiger partial charge in [-0.1, -0.05) is 12.1 Å². The van der Waals surface area contributed by atoms with Gasteiger partial charge in [0.15, 0.2) is 5.96 Å². The molecule has 0 spiro atoms. The van der Waals surface area contributed by atoms with Gasteiger partial charge in [-0.3, -0.25) is 4.79 Å². The van der Waals surface area contributed by atoms with Gasteiger partial charge >= 0.3 is 0 Å². The number of hydrogen-bond donors (Lipinski definition) is 3. The van der Waals surface area contributed by atoms with Gasteiger partial charge in [-0.05, 0) is 55.3 Å². The molecular formula is C20H25FN4O2. The van der Waals surface area contributed by atoms with E-state index in [1.807, 2.05) is 31.2 Å². The number of anilines is 1. The molecule has 2 aromatic rings. The number of aliphatic imine (C=N–C) groups is 1. The predicted octanol–water partition coefficient (Wildman–Crippen LogP) is 2.57. The Morgan fingerprint density at radius 1 is 1.07 bits per heavy atom. The lowest BCUT2D eigenvalue weighted by Crippen LogP contribution is -2.39. The van der Waals surface area contributed by atoms with Crippen molar-refractivity contribution in [1.29, 1.82) is 0 Å². The molecule has 0 fully saturated rings. The molecule has 0 aliphatic rings. The average Bonchev–Trinajstić information content (AvgIpc) is 2.68. The van der Waals surface area contributed by atoms with Gasteiger partial charge in [0.25, 0.3) is 0 Å². The number of halogens is 1. The van der Waals surface area contributed by atoms with Crippen LogP contribution >= 0.6 is 0 Å². The molecule has 0 heterocycles. The molecule has 0 bridgehead atoms. The van der Waals surface area contributed by atoms with E-state index in [0.29, 0.717) is 24.7 Å². The molecule has 0 aromatic heterocycles. The Kier molecular flexibility index (Phi) is 8.09. The first-order valence-electron chi connectivity index (χ1n) is 8.81. The van der Waals surface area contributed by atoms with Gasteiger partial charge in [0, 0.05) is 18.8 Å². The Balaban J connectivity index is 1.81. The quantitative estimate of drug-likeness (QED) is 0.492. The van der Waals surface area contributed by atoms with Crippen molar-refractivity contribution < 1.29 is 13.9 Å². The third-order valence-corrected chi connectivity index (χ3v) is 3.72. The van der Waals surface area contributed by atoms with Crippen LogP contribution in [0.5, 0.6) is 5.75 Å². The van der Waals surface area contributed by atoms with Crippen LogP contribution in [0.3, 0.4) is 0 Å². The van der Waals surface area contributed by atoms with Crippen LogP contribution < -0.4 is 20.7 Å². The van der Waals surface area contributed by atoms with Gasteiger partial charge in [-0.2, -0.15) is 0 Å². The van der Waals surface area contributed by atoms with E-state index in [-0.39, 0.29) is 18.3 Å². The number of guanidine groups is 1. The van der Waals surface area contributed by atoms with Crippen molar-refractivity contribution in [2.24, 2.45) is 4.99 Å². The van der Waals surface area contributed by atoms with Gasteiger partial charge in [0.2, 0.25) is 5.91 Å². The minimum atomic E-state index is -0.346. The predicted molar refractivity (Wildman–Crippen MR) is 106 cm³/mol. The fraction of sp³-hybridized carbons (Fsp3) is 0.300. The zero-order valence-electron chi connectivity index (χ0n) is 15.6. The maximum absolute atomic E-state index is 12.9. The zero-order chi connectivity index (χ0) is 19.5. The normalized spacial score (nSPS) is 11.0. The van der Waals surface area contributed by atoms with Crippen LogP contribution in [0.15, 0.2) is 53.5 Å². The molecule has 7 heteroatoms. The number of nitrogens with one attached hydrogen (secondary N) is 3. The Morgan fingerprint density at radius 3 is 2.41 bits per heavy atom. The van der Waals surface area contributed by atoms with Crippen molar-refractivity contribution in [2.75, 3.05) is 32.1 Å². The molecule has 0 unspecified atom stereocenters. The first-order valence-corrected chi connectivity index (χ1v) is 8.81. The summed E-state index contributed by atoms with van der Waals surface area (Å²) in [5.41, 5.74) is 1.71. The summed E-state index contributed by atoms with van der Waals surface area (Å²) < 4.78 is 18.0. The largest absolute Gasteiger partial charge is 0.497 e. The topological polar surface area (TPSA) is 74.8 Å². The molecule has 0 atom stereocenters. The van der Waals surface area contributed by atoms with Crippen molar-refractivity contribution >= 4 is 17.6 Å². The summed E-state index contributed by atoms with van der Waals surface area (Å²) in [5.74, 6) is 0.782. The fourth-order valence-electron chi connectivity index (χ4n) is 2.34. The molecule has 0 saturated heterocycles. The summed E-state index contributed by atoms with van der Waals surface area (Å²) in [6, 6.07) is 13.5. The summed E-state index contributed by atoms with van der Waals surface area (Å²) in [6.07, 6.45) is 0.816. The van der Waals surface area contributed by atoms with Crippen molar-refractivity contribution in [3.8, 4) is 5.75 Å². The lowest BCUT2D eigenvalue weighted by Gasteiger charge is -2.11. The molecule has 144 valence electrons. The lowest BCUT2D eigenvalue weighted by molar-refractivity contribution is -0.114. The Labute approximate surface area is 158 Å². The van der Waals surface area contributed by atoms with Crippen molar-refractivity contribution in [3.05, 3.63) is 59.9 Å². The first-order chi connectivity index (χ1) is 13.1. The van der Waals surface area contributed by atoms with Gasteiger partial charge in [-0.15, -0.1) is 0 Å². The van der Waals surface area contributed by atoms with E-state index < -0.39 is 0 Å². The van der Waals surface area contributed by atoms with E-state index in [0.717, 1.165) is 12.2 Å². The number of ether oxygens (including phenoxy) is 1. The minimum Gasteiger partial charge on any atom is -0.497 e. The number of amides is 1. The number of nitrogens with zero attached hydrogens (tertiary/aromatic N) is 1. The van der Waals surface area contributed by atoms with E-state index in [9.17, 15) is 9.18 Å². The smallest absolute Gasteiger partial charge is 0.246 e. The Bertz CT molecular complexity index is 746. The summed E-state index contributed by atoms with van der Waals surface area (Å²) >= 11 is 0. The van der Waals surface area contributed by atoms with Crippen LogP contribution in [-0.4, -0.2) is 38.6 Å². The highest BCUT2D eigenvalue weighted by Crippen LogP contribution is 2.11. The number of carbonyl (C=O) groups is 1. The monoisotopic (exact) mass is 372 g/mol. The van der Waals surface area contributed by atoms with Crippen LogP contribution in [0.25, 0.3) is 0 Å². The maximum Gasteiger partial charge on any atom is 0.246 e. The molecule has 0 saturated carbocycles. The third kappa shape index (κ3) is 7.35. The van der Waals surface area contributed by atoms with Crippen LogP contribution in [-0.2, 0) is 11.2 Å². The van der Waals surface area contributed by atoms with E-state index in [2.05, 4.69) is 20.9 Å². The Morgan fingerprint density at radius 2 is 1.78 bits per heavy atom. The van der Waals surface area contributed by atoms with Crippen molar-refractivity contribution in [2.45, 2.75) is 13.3 Å². The van der Waals surface area contributed by atoms with E-state index >= 15 is 0 Å². The lowest BCUT2D eigenvalue weighted by atomic mass is 10.1. The van der Waals surface area contributed by atoms with Crippen molar-refractivity contribution in [1.82, 2.24) is 10.6 Å². The summed E-state index contributed by atoms with van der Waals surface area (Å²) in [4.78, 5) is 16.3. The Hall–Kier alpha value is -3.09. The molecule has 0 aliphatic heterocycles. The van der Waals surface area contributed by atoms with Crippen LogP contribution in [0.2, 0.25) is 0 Å². The molecular weight excluding hydrogens is 347 g/mol. The molecule has 0 aliphatic carbocycles. The van der Waals surface area contributed by atoms with E-state index in [4.69, 9.17) is 4.74 Å². The standard InChI is InChI=1S/C20H25FN4O2/c1-3-22-20(23-13-12-15-4-10-18(27-2)11-5-15)24-14-19(26)25-17-8-6-16(21)7-9-17/h4-11H,3,12-14H2,1-2H3,(H,25,26)(H2,22,23,24). The van der Waals surface area contributed by atoms with Crippen LogP contribution in [0.1, 0.15) is 12.5 Å². The van der Waals surface area contributed by atoms with Crippen LogP contribution in [0, 0.1) is 5.82 Å². The van der Waals surface area contributed by atoms with Gasteiger partial charge in [-0.25, -0.2) is 9.38 Å². The molecule has 2 aromatic carbocycles. The zero-order valence-corrected chi connectivity index (χ0v) is 15.6. The fourth-order valence-corrected chi connectivity index (χ4v) is 2.34. The summed E-state index contributed by atoms with van der Waals surface area (Å²) in [6.45, 7) is 3.29.